The number of esters is 1. The summed E-state index contributed by atoms with van der Waals surface area (Å²) in [6.45, 7) is 2.48. The Hall–Kier alpha value is -1.35. The lowest BCUT2D eigenvalue weighted by atomic mass is 10.2. The first-order chi connectivity index (χ1) is 12.5. The predicted octanol–water partition coefficient (Wildman–Crippen LogP) is 2.95. The first-order valence-corrected chi connectivity index (χ1v) is 11.8. The van der Waals surface area contributed by atoms with Gasteiger partial charge in [0.15, 0.2) is 0 Å². The number of rotatable bonds is 6. The highest BCUT2D eigenvalue weighted by atomic mass is 32.2. The molecular weight excluding hydrogens is 390 g/mol. The summed E-state index contributed by atoms with van der Waals surface area (Å²) in [4.78, 5) is 13.9. The van der Waals surface area contributed by atoms with E-state index in [4.69, 9.17) is 4.74 Å². The van der Waals surface area contributed by atoms with E-state index >= 15 is 0 Å². The topological polar surface area (TPSA) is 63.7 Å². The minimum atomic E-state index is -3.72. The van der Waals surface area contributed by atoms with Crippen LogP contribution in [0.25, 0.3) is 0 Å². The third kappa shape index (κ3) is 4.49. The Morgan fingerprint density at radius 1 is 1.27 bits per heavy atom. The summed E-state index contributed by atoms with van der Waals surface area (Å²) in [7, 11) is -3.72. The summed E-state index contributed by atoms with van der Waals surface area (Å²) in [5, 5.41) is 1.98. The highest BCUT2D eigenvalue weighted by Gasteiger charge is 2.38. The first-order valence-electron chi connectivity index (χ1n) is 8.34. The van der Waals surface area contributed by atoms with Crippen molar-refractivity contribution in [1.29, 1.82) is 0 Å². The van der Waals surface area contributed by atoms with E-state index in [9.17, 15) is 13.2 Å². The van der Waals surface area contributed by atoms with Crippen LogP contribution < -0.4 is 0 Å². The molecule has 0 radical (unpaired) electrons. The lowest BCUT2D eigenvalue weighted by Gasteiger charge is -2.32. The van der Waals surface area contributed by atoms with Crippen molar-refractivity contribution in [3.8, 4) is 0 Å². The minimum absolute atomic E-state index is 0.214. The number of thioether (sulfide) groups is 1. The van der Waals surface area contributed by atoms with Crippen molar-refractivity contribution >= 4 is 39.1 Å². The molecule has 0 unspecified atom stereocenters. The fourth-order valence-corrected chi connectivity index (χ4v) is 6.22. The van der Waals surface area contributed by atoms with Gasteiger partial charge in [-0.15, -0.1) is 11.3 Å². The monoisotopic (exact) mass is 411 g/mol. The van der Waals surface area contributed by atoms with Crippen molar-refractivity contribution in [1.82, 2.24) is 4.31 Å². The molecule has 1 fully saturated rings. The van der Waals surface area contributed by atoms with Crippen molar-refractivity contribution in [2.45, 2.75) is 24.3 Å². The van der Waals surface area contributed by atoms with E-state index in [0.717, 1.165) is 10.4 Å². The number of thiophene rings is 1. The smallest absolute Gasteiger partial charge is 0.325 e. The van der Waals surface area contributed by atoms with Crippen LogP contribution in [0.1, 0.15) is 10.4 Å². The number of carbonyl (C=O) groups excluding carboxylic acids is 1. The average Bonchev–Trinajstić information content (AvgIpc) is 3.15. The van der Waals surface area contributed by atoms with Gasteiger partial charge in [0.1, 0.15) is 6.04 Å². The molecule has 3 rings (SSSR count). The molecule has 1 aliphatic rings. The fourth-order valence-electron chi connectivity index (χ4n) is 2.71. The van der Waals surface area contributed by atoms with Crippen LogP contribution in [0.3, 0.4) is 0 Å². The van der Waals surface area contributed by atoms with Gasteiger partial charge in [-0.25, -0.2) is 8.42 Å². The highest BCUT2D eigenvalue weighted by Crippen LogP contribution is 2.25. The second kappa shape index (κ2) is 8.56. The largest absolute Gasteiger partial charge is 0.464 e. The number of ether oxygens (including phenoxy) is 1. The second-order valence-electron chi connectivity index (χ2n) is 6.02. The molecule has 0 bridgehead atoms. The molecule has 2 heterocycles. The summed E-state index contributed by atoms with van der Waals surface area (Å²) in [6, 6.07) is 9.87. The minimum Gasteiger partial charge on any atom is -0.464 e. The zero-order valence-electron chi connectivity index (χ0n) is 14.5. The van der Waals surface area contributed by atoms with Crippen molar-refractivity contribution in [2.75, 3.05) is 24.7 Å². The van der Waals surface area contributed by atoms with Crippen LogP contribution in [0.2, 0.25) is 0 Å². The highest BCUT2D eigenvalue weighted by molar-refractivity contribution is 7.99. The molecule has 5 nitrogen and oxygen atoms in total. The third-order valence-electron chi connectivity index (χ3n) is 4.15. The van der Waals surface area contributed by atoms with Crippen LogP contribution >= 0.6 is 23.1 Å². The maximum atomic E-state index is 13.0. The van der Waals surface area contributed by atoms with Crippen molar-refractivity contribution in [3.63, 3.8) is 0 Å². The van der Waals surface area contributed by atoms with Crippen LogP contribution in [0, 0.1) is 6.92 Å². The van der Waals surface area contributed by atoms with Crippen LogP contribution in [0.4, 0.5) is 0 Å². The van der Waals surface area contributed by atoms with Gasteiger partial charge in [-0.2, -0.15) is 16.1 Å². The first kappa shape index (κ1) is 19.4. The molecule has 0 saturated carbocycles. The molecule has 140 valence electrons. The molecular formula is C18H21NO4S3. The van der Waals surface area contributed by atoms with Gasteiger partial charge in [0.05, 0.1) is 11.5 Å². The number of hydrogen-bond donors (Lipinski definition) is 0. The van der Waals surface area contributed by atoms with Gasteiger partial charge in [0.25, 0.3) is 0 Å². The summed E-state index contributed by atoms with van der Waals surface area (Å²) >= 11 is 3.19. The maximum Gasteiger partial charge on any atom is 0.325 e. The van der Waals surface area contributed by atoms with Gasteiger partial charge in [0, 0.05) is 29.3 Å². The van der Waals surface area contributed by atoms with Gasteiger partial charge < -0.3 is 4.74 Å². The number of nitrogens with zero attached hydrogens (tertiary/aromatic N) is 1. The lowest BCUT2D eigenvalue weighted by Crippen LogP contribution is -2.50. The average molecular weight is 412 g/mol. The number of hydrogen-bond acceptors (Lipinski definition) is 6. The molecule has 0 N–H and O–H groups in total. The molecule has 8 heteroatoms. The Morgan fingerprint density at radius 3 is 2.73 bits per heavy atom. The zero-order chi connectivity index (χ0) is 18.6. The standard InChI is InChI=1S/C18H21NO4S3/c1-14-4-6-16(7-5-14)26(21,22)19-9-12-24-13-17(19)18(20)23-10-8-15-3-2-11-25-15/h2-7,11,17H,8-10,12-13H2,1H3/t17-/m0/s1. The number of aryl methyl sites for hydroxylation is 1. The van der Waals surface area contributed by atoms with E-state index in [1.807, 2.05) is 24.4 Å². The maximum absolute atomic E-state index is 13.0. The Morgan fingerprint density at radius 2 is 2.04 bits per heavy atom. The van der Waals surface area contributed by atoms with Gasteiger partial charge in [-0.3, -0.25) is 4.79 Å². The van der Waals surface area contributed by atoms with Gasteiger partial charge in [-0.1, -0.05) is 23.8 Å². The van der Waals surface area contributed by atoms with E-state index in [2.05, 4.69) is 0 Å². The summed E-state index contributed by atoms with van der Waals surface area (Å²) in [5.74, 6) is 0.622. The van der Waals surface area contributed by atoms with Crippen molar-refractivity contribution in [2.24, 2.45) is 0 Å². The molecule has 1 aromatic carbocycles. The number of carbonyl (C=O) groups is 1. The zero-order valence-corrected chi connectivity index (χ0v) is 16.9. The van der Waals surface area contributed by atoms with Gasteiger partial charge in [-0.05, 0) is 30.5 Å². The van der Waals surface area contributed by atoms with Crippen LogP contribution in [-0.2, 0) is 26.0 Å². The van der Waals surface area contributed by atoms with E-state index < -0.39 is 22.0 Å². The van der Waals surface area contributed by atoms with Gasteiger partial charge >= 0.3 is 5.97 Å². The Kier molecular flexibility index (Phi) is 6.39. The third-order valence-corrected chi connectivity index (χ3v) is 8.03. The molecule has 1 atom stereocenters. The number of sulfonamides is 1. The second-order valence-corrected chi connectivity index (χ2v) is 10.1. The van der Waals surface area contributed by atoms with Crippen LogP contribution in [0.15, 0.2) is 46.7 Å². The molecule has 2 aromatic rings. The summed E-state index contributed by atoms with van der Waals surface area (Å²) in [5.41, 5.74) is 0.989. The van der Waals surface area contributed by atoms with Crippen molar-refractivity contribution in [3.05, 3.63) is 52.2 Å². The quantitative estimate of drug-likeness (QED) is 0.684. The van der Waals surface area contributed by atoms with Crippen molar-refractivity contribution < 1.29 is 17.9 Å². The number of benzene rings is 1. The Labute approximate surface area is 162 Å². The molecule has 0 aliphatic carbocycles. The summed E-state index contributed by atoms with van der Waals surface area (Å²) in [6.07, 6.45) is 0.647. The van der Waals surface area contributed by atoms with Crippen LogP contribution in [0.5, 0.6) is 0 Å². The molecule has 0 spiro atoms. The Bertz CT molecular complexity index is 832. The fraction of sp³-hybridized carbons (Fsp3) is 0.389. The SMILES string of the molecule is Cc1ccc(S(=O)(=O)N2CCSC[C@H]2C(=O)OCCc2cccs2)cc1. The van der Waals surface area contributed by atoms with Gasteiger partial charge in [0.2, 0.25) is 10.0 Å². The van der Waals surface area contributed by atoms with E-state index in [-0.39, 0.29) is 11.5 Å². The van der Waals surface area contributed by atoms with Crippen LogP contribution in [-0.4, -0.2) is 49.4 Å². The molecule has 0 amide bonds. The molecule has 1 aromatic heterocycles. The summed E-state index contributed by atoms with van der Waals surface area (Å²) < 4.78 is 32.6. The van der Waals surface area contributed by atoms with E-state index in [1.165, 1.54) is 4.31 Å². The van der Waals surface area contributed by atoms with E-state index in [0.29, 0.717) is 24.5 Å². The lowest BCUT2D eigenvalue weighted by molar-refractivity contribution is -0.147. The normalized spacial score (nSPS) is 18.6. The molecule has 1 aliphatic heterocycles. The van der Waals surface area contributed by atoms with E-state index in [1.54, 1.807) is 47.4 Å². The Balaban J connectivity index is 1.70. The molecule has 26 heavy (non-hydrogen) atoms. The molecule has 1 saturated heterocycles. The predicted molar refractivity (Wildman–Crippen MR) is 105 cm³/mol.